The topological polar surface area (TPSA) is 69.8 Å². The summed E-state index contributed by atoms with van der Waals surface area (Å²) in [4.78, 5) is 20.3. The van der Waals surface area contributed by atoms with Crippen LogP contribution in [0.4, 0.5) is 10.1 Å². The van der Waals surface area contributed by atoms with Crippen LogP contribution in [0.25, 0.3) is 11.0 Å². The van der Waals surface area contributed by atoms with E-state index >= 15 is 0 Å². The van der Waals surface area contributed by atoms with Crippen LogP contribution in [0.2, 0.25) is 0 Å². The Balaban J connectivity index is 1.49. The number of H-pyrrole nitrogens is 1. The van der Waals surface area contributed by atoms with Crippen LogP contribution in [-0.2, 0) is 11.2 Å². The van der Waals surface area contributed by atoms with Gasteiger partial charge in [0.15, 0.2) is 0 Å². The van der Waals surface area contributed by atoms with Gasteiger partial charge >= 0.3 is 0 Å². The highest BCUT2D eigenvalue weighted by Crippen LogP contribution is 2.22. The van der Waals surface area contributed by atoms with Gasteiger partial charge < -0.3 is 15.6 Å². The molecule has 3 aromatic rings. The van der Waals surface area contributed by atoms with E-state index in [-0.39, 0.29) is 17.6 Å². The molecule has 5 nitrogen and oxygen atoms in total. The Kier molecular flexibility index (Phi) is 4.90. The van der Waals surface area contributed by atoms with Gasteiger partial charge in [-0.25, -0.2) is 9.37 Å². The van der Waals surface area contributed by atoms with Crippen LogP contribution in [0, 0.1) is 11.7 Å². The van der Waals surface area contributed by atoms with Gasteiger partial charge in [0, 0.05) is 24.1 Å². The highest BCUT2D eigenvalue weighted by Gasteiger charge is 2.24. The van der Waals surface area contributed by atoms with E-state index in [2.05, 4.69) is 27.5 Å². The summed E-state index contributed by atoms with van der Waals surface area (Å²) < 4.78 is 13.8. The number of imidazole rings is 1. The van der Waals surface area contributed by atoms with Crippen LogP contribution in [-0.4, -0.2) is 28.5 Å². The number of carbonyl (C=O) groups is 1. The molecule has 2 atom stereocenters. The van der Waals surface area contributed by atoms with Crippen LogP contribution < -0.4 is 10.6 Å². The van der Waals surface area contributed by atoms with Crippen molar-refractivity contribution in [3.63, 3.8) is 0 Å². The minimum Gasteiger partial charge on any atom is -0.342 e. The van der Waals surface area contributed by atoms with Crippen molar-refractivity contribution in [1.82, 2.24) is 15.3 Å². The molecule has 0 bridgehead atoms. The number of piperidine rings is 1. The molecule has 4 rings (SSSR count). The van der Waals surface area contributed by atoms with Gasteiger partial charge in [-0.15, -0.1) is 0 Å². The summed E-state index contributed by atoms with van der Waals surface area (Å²) in [5.74, 6) is 0.567. The third-order valence-electron chi connectivity index (χ3n) is 5.11. The molecule has 2 aromatic carbocycles. The average molecular weight is 366 g/mol. The molecule has 2 heterocycles. The van der Waals surface area contributed by atoms with Crippen molar-refractivity contribution in [1.29, 1.82) is 0 Å². The van der Waals surface area contributed by atoms with Crippen molar-refractivity contribution in [2.24, 2.45) is 5.92 Å². The lowest BCUT2D eigenvalue weighted by molar-refractivity contribution is -0.120. The number of aromatic amines is 1. The molecule has 1 aromatic heterocycles. The van der Waals surface area contributed by atoms with Crippen molar-refractivity contribution in [3.8, 4) is 0 Å². The summed E-state index contributed by atoms with van der Waals surface area (Å²) in [5, 5.41) is 6.38. The monoisotopic (exact) mass is 366 g/mol. The number of carbonyl (C=O) groups excluding carboxylic acids is 1. The zero-order valence-corrected chi connectivity index (χ0v) is 15.3. The normalized spacial score (nSPS) is 19.9. The lowest BCUT2D eigenvalue weighted by Crippen LogP contribution is -2.40. The number of fused-ring (bicyclic) bond motifs is 1. The summed E-state index contributed by atoms with van der Waals surface area (Å²) in [6.45, 7) is 2.98. The smallest absolute Gasteiger partial charge is 0.227 e. The number of amides is 1. The number of rotatable bonds is 4. The summed E-state index contributed by atoms with van der Waals surface area (Å²) in [7, 11) is 0. The van der Waals surface area contributed by atoms with Gasteiger partial charge in [-0.2, -0.15) is 0 Å². The molecule has 140 valence electrons. The maximum absolute atomic E-state index is 13.8. The molecule has 1 aliphatic rings. The molecule has 0 unspecified atom stereocenters. The fourth-order valence-electron chi connectivity index (χ4n) is 3.66. The number of halogens is 1. The maximum Gasteiger partial charge on any atom is 0.227 e. The maximum atomic E-state index is 13.8. The number of anilines is 1. The second kappa shape index (κ2) is 7.48. The molecule has 0 spiro atoms. The molecule has 1 fully saturated rings. The van der Waals surface area contributed by atoms with Crippen molar-refractivity contribution in [3.05, 3.63) is 59.7 Å². The Morgan fingerprint density at radius 2 is 2.15 bits per heavy atom. The summed E-state index contributed by atoms with van der Waals surface area (Å²) in [6.07, 6.45) is 2.11. The number of hydrogen-bond donors (Lipinski definition) is 3. The molecule has 1 aliphatic heterocycles. The Morgan fingerprint density at radius 3 is 2.96 bits per heavy atom. The summed E-state index contributed by atoms with van der Waals surface area (Å²) >= 11 is 0. The molecule has 0 saturated carbocycles. The van der Waals surface area contributed by atoms with E-state index in [1.807, 2.05) is 24.3 Å². The van der Waals surface area contributed by atoms with Crippen molar-refractivity contribution >= 4 is 22.6 Å². The molecule has 0 aliphatic carbocycles. The van der Waals surface area contributed by atoms with Gasteiger partial charge in [0.2, 0.25) is 5.91 Å². The average Bonchev–Trinajstić information content (AvgIpc) is 3.05. The van der Waals surface area contributed by atoms with E-state index in [0.29, 0.717) is 23.9 Å². The summed E-state index contributed by atoms with van der Waals surface area (Å²) in [6, 6.07) is 12.7. The van der Waals surface area contributed by atoms with E-state index in [9.17, 15) is 9.18 Å². The number of nitrogens with one attached hydrogen (secondary N) is 3. The lowest BCUT2D eigenvalue weighted by Gasteiger charge is -2.27. The van der Waals surface area contributed by atoms with E-state index in [1.165, 1.54) is 6.07 Å². The molecule has 3 N–H and O–H groups in total. The first-order valence-electron chi connectivity index (χ1n) is 9.35. The molecule has 27 heavy (non-hydrogen) atoms. The van der Waals surface area contributed by atoms with E-state index in [1.54, 1.807) is 12.1 Å². The van der Waals surface area contributed by atoms with Gasteiger partial charge in [0.25, 0.3) is 0 Å². The van der Waals surface area contributed by atoms with Gasteiger partial charge in [-0.3, -0.25) is 4.79 Å². The predicted molar refractivity (Wildman–Crippen MR) is 104 cm³/mol. The van der Waals surface area contributed by atoms with Crippen molar-refractivity contribution < 1.29 is 9.18 Å². The zero-order valence-electron chi connectivity index (χ0n) is 15.3. The number of benzene rings is 2. The third kappa shape index (κ3) is 4.01. The van der Waals surface area contributed by atoms with Crippen LogP contribution in [0.3, 0.4) is 0 Å². The minimum atomic E-state index is -0.234. The largest absolute Gasteiger partial charge is 0.342 e. The van der Waals surface area contributed by atoms with E-state index < -0.39 is 0 Å². The fourth-order valence-corrected chi connectivity index (χ4v) is 3.66. The first-order chi connectivity index (χ1) is 13.1. The van der Waals surface area contributed by atoms with Crippen LogP contribution >= 0.6 is 0 Å². The van der Waals surface area contributed by atoms with Crippen LogP contribution in [0.15, 0.2) is 42.5 Å². The molecular weight excluding hydrogens is 343 g/mol. The van der Waals surface area contributed by atoms with E-state index in [4.69, 9.17) is 0 Å². The van der Waals surface area contributed by atoms with Gasteiger partial charge in [-0.1, -0.05) is 18.2 Å². The second-order valence-electron chi connectivity index (χ2n) is 7.25. The predicted octanol–water partition coefficient (Wildman–Crippen LogP) is 3.62. The first-order valence-corrected chi connectivity index (χ1v) is 9.35. The third-order valence-corrected chi connectivity index (χ3v) is 5.11. The number of hydrogen-bond acceptors (Lipinski definition) is 3. The van der Waals surface area contributed by atoms with Crippen LogP contribution in [0.5, 0.6) is 0 Å². The SMILES string of the molecule is C[C@H]1C[C@@H](C(=O)Nc2ccc3nc(Cc4ccccc4F)[nH]c3c2)CCN1. The number of nitrogens with zero attached hydrogens (tertiary/aromatic N) is 1. The second-order valence-corrected chi connectivity index (χ2v) is 7.25. The first kappa shape index (κ1) is 17.7. The Hall–Kier alpha value is -2.73. The zero-order chi connectivity index (χ0) is 18.8. The standard InChI is InChI=1S/C21H23FN4O/c1-13-10-15(8-9-23-13)21(27)24-16-6-7-18-19(12-16)26-20(25-18)11-14-4-2-3-5-17(14)22/h2-7,12-13,15,23H,8-11H2,1H3,(H,24,27)(H,25,26)/t13-,15-/m0/s1. The van der Waals surface area contributed by atoms with E-state index in [0.717, 1.165) is 36.1 Å². The highest BCUT2D eigenvalue weighted by molar-refractivity contribution is 5.94. The lowest BCUT2D eigenvalue weighted by atomic mass is 9.92. The quantitative estimate of drug-likeness (QED) is 0.660. The van der Waals surface area contributed by atoms with Crippen molar-refractivity contribution in [2.45, 2.75) is 32.2 Å². The Bertz CT molecular complexity index is 968. The Morgan fingerprint density at radius 1 is 1.30 bits per heavy atom. The molecule has 0 radical (unpaired) electrons. The fraction of sp³-hybridized carbons (Fsp3) is 0.333. The molecule has 1 saturated heterocycles. The molecular formula is C21H23FN4O. The molecule has 6 heteroatoms. The van der Waals surface area contributed by atoms with Crippen molar-refractivity contribution in [2.75, 3.05) is 11.9 Å². The minimum absolute atomic E-state index is 0.0373. The van der Waals surface area contributed by atoms with Gasteiger partial charge in [0.1, 0.15) is 11.6 Å². The number of aromatic nitrogens is 2. The Labute approximate surface area is 157 Å². The van der Waals surface area contributed by atoms with Crippen LogP contribution in [0.1, 0.15) is 31.2 Å². The van der Waals surface area contributed by atoms with Gasteiger partial charge in [0.05, 0.1) is 11.0 Å². The molecule has 1 amide bonds. The van der Waals surface area contributed by atoms with Gasteiger partial charge in [-0.05, 0) is 56.1 Å². The highest BCUT2D eigenvalue weighted by atomic mass is 19.1. The summed E-state index contributed by atoms with van der Waals surface area (Å²) in [5.41, 5.74) is 2.98.